The van der Waals surface area contributed by atoms with E-state index in [0.29, 0.717) is 30.0 Å². The Hall–Kier alpha value is -4.31. The molecule has 0 radical (unpaired) electrons. The van der Waals surface area contributed by atoms with Crippen LogP contribution in [0.1, 0.15) is 30.9 Å². The van der Waals surface area contributed by atoms with Gasteiger partial charge in [0.15, 0.2) is 0 Å². The van der Waals surface area contributed by atoms with Crippen molar-refractivity contribution in [1.82, 2.24) is 4.90 Å². The molecule has 37 heavy (non-hydrogen) atoms. The maximum atomic E-state index is 13.3. The fraction of sp³-hybridized carbons (Fsp3) is 0.300. The fourth-order valence-corrected chi connectivity index (χ4v) is 4.86. The minimum Gasteiger partial charge on any atom is -0.489 e. The molecular formula is C30H31N3O4. The van der Waals surface area contributed by atoms with Gasteiger partial charge in [0.25, 0.3) is 0 Å². The highest BCUT2D eigenvalue weighted by atomic mass is 16.5. The molecule has 0 aliphatic carbocycles. The van der Waals surface area contributed by atoms with Crippen LogP contribution in [0.5, 0.6) is 5.75 Å². The first-order valence-electron chi connectivity index (χ1n) is 12.3. The second kappa shape index (κ2) is 11.2. The maximum Gasteiger partial charge on any atom is 0.321 e. The molecule has 1 heterocycles. The minimum atomic E-state index is -1.24. The summed E-state index contributed by atoms with van der Waals surface area (Å²) in [7, 11) is 1.31. The number of methoxy groups -OCH3 is 1. The molecule has 1 aliphatic rings. The Kier molecular flexibility index (Phi) is 7.78. The average Bonchev–Trinajstić information content (AvgIpc) is 3.18. The zero-order valence-electron chi connectivity index (χ0n) is 21.1. The van der Waals surface area contributed by atoms with Crippen molar-refractivity contribution < 1.29 is 19.1 Å². The predicted molar refractivity (Wildman–Crippen MR) is 142 cm³/mol. The summed E-state index contributed by atoms with van der Waals surface area (Å²) in [6.07, 6.45) is 1.91. The topological polar surface area (TPSA) is 106 Å². The molecular weight excluding hydrogens is 466 g/mol. The van der Waals surface area contributed by atoms with Gasteiger partial charge in [-0.1, -0.05) is 48.5 Å². The number of amides is 1. The number of anilines is 1. The van der Waals surface area contributed by atoms with Gasteiger partial charge in [0.2, 0.25) is 5.91 Å². The highest BCUT2D eigenvalue weighted by molar-refractivity contribution is 6.04. The van der Waals surface area contributed by atoms with Crippen LogP contribution >= 0.6 is 0 Å². The molecule has 2 atom stereocenters. The Morgan fingerprint density at radius 1 is 1.11 bits per heavy atom. The second-order valence-electron chi connectivity index (χ2n) is 9.52. The molecule has 3 aromatic carbocycles. The van der Waals surface area contributed by atoms with E-state index in [-0.39, 0.29) is 18.6 Å². The first kappa shape index (κ1) is 25.8. The van der Waals surface area contributed by atoms with Gasteiger partial charge in [-0.25, -0.2) is 0 Å². The Bertz CT molecular complexity index is 1300. The number of benzene rings is 3. The lowest BCUT2D eigenvalue weighted by atomic mass is 9.87. The van der Waals surface area contributed by atoms with Gasteiger partial charge in [-0.2, -0.15) is 5.26 Å². The Labute approximate surface area is 217 Å². The number of carbonyl (C=O) groups is 2. The summed E-state index contributed by atoms with van der Waals surface area (Å²) < 4.78 is 11.0. The van der Waals surface area contributed by atoms with Crippen LogP contribution in [0.15, 0.2) is 72.8 Å². The number of aryl methyl sites for hydroxylation is 1. The molecule has 3 aromatic rings. The Balaban J connectivity index is 1.46. The second-order valence-corrected chi connectivity index (χ2v) is 9.52. The van der Waals surface area contributed by atoms with Crippen LogP contribution in [0, 0.1) is 16.7 Å². The molecule has 1 amide bonds. The van der Waals surface area contributed by atoms with Gasteiger partial charge in [0.1, 0.15) is 17.8 Å². The van der Waals surface area contributed by atoms with Crippen molar-refractivity contribution in [2.45, 2.75) is 32.2 Å². The van der Waals surface area contributed by atoms with Crippen LogP contribution < -0.4 is 10.5 Å². The number of carbonyl (C=O) groups excluding carboxylic acids is 2. The molecule has 0 saturated carbocycles. The van der Waals surface area contributed by atoms with Gasteiger partial charge in [-0.05, 0) is 67.1 Å². The summed E-state index contributed by atoms with van der Waals surface area (Å²) >= 11 is 0. The normalized spacial score (nSPS) is 18.9. The number of ether oxygens (including phenoxy) is 2. The lowest BCUT2D eigenvalue weighted by molar-refractivity contribution is -0.157. The molecule has 7 heteroatoms. The van der Waals surface area contributed by atoms with Crippen LogP contribution in [0.25, 0.3) is 11.1 Å². The van der Waals surface area contributed by atoms with E-state index in [1.165, 1.54) is 12.7 Å². The number of nitrogens with two attached hydrogens (primary N) is 1. The number of rotatable bonds is 9. The lowest BCUT2D eigenvalue weighted by Crippen LogP contribution is -2.41. The minimum absolute atomic E-state index is 0.212. The molecule has 2 N–H and O–H groups in total. The predicted octanol–water partition coefficient (Wildman–Crippen LogP) is 4.60. The molecule has 1 fully saturated rings. The van der Waals surface area contributed by atoms with Crippen molar-refractivity contribution in [2.24, 2.45) is 5.41 Å². The monoisotopic (exact) mass is 497 g/mol. The summed E-state index contributed by atoms with van der Waals surface area (Å²) in [5.74, 6) is -0.245. The third-order valence-corrected chi connectivity index (χ3v) is 6.95. The molecule has 190 valence electrons. The van der Waals surface area contributed by atoms with Crippen molar-refractivity contribution in [1.29, 1.82) is 5.26 Å². The largest absolute Gasteiger partial charge is 0.489 e. The number of hydrogen-bond acceptors (Lipinski definition) is 6. The number of nitrogens with zero attached hydrogens (tertiary/aromatic N) is 2. The molecule has 0 aromatic heterocycles. The Morgan fingerprint density at radius 2 is 1.81 bits per heavy atom. The fourth-order valence-electron chi connectivity index (χ4n) is 4.86. The highest BCUT2D eigenvalue weighted by Crippen LogP contribution is 2.38. The van der Waals surface area contributed by atoms with Crippen LogP contribution in [0.3, 0.4) is 0 Å². The van der Waals surface area contributed by atoms with Crippen molar-refractivity contribution in [3.05, 3.63) is 83.9 Å². The zero-order valence-corrected chi connectivity index (χ0v) is 21.1. The van der Waals surface area contributed by atoms with Crippen molar-refractivity contribution in [2.75, 3.05) is 26.0 Å². The van der Waals surface area contributed by atoms with Crippen LogP contribution in [0.2, 0.25) is 0 Å². The van der Waals surface area contributed by atoms with E-state index >= 15 is 0 Å². The summed E-state index contributed by atoms with van der Waals surface area (Å²) in [6.45, 7) is 2.37. The van der Waals surface area contributed by atoms with Gasteiger partial charge in [-0.3, -0.25) is 9.59 Å². The van der Waals surface area contributed by atoms with Crippen LogP contribution in [0.4, 0.5) is 5.69 Å². The van der Waals surface area contributed by atoms with E-state index in [4.69, 9.17) is 20.5 Å². The van der Waals surface area contributed by atoms with Gasteiger partial charge in [0.05, 0.1) is 30.5 Å². The summed E-state index contributed by atoms with van der Waals surface area (Å²) in [6, 6.07) is 24.7. The number of likely N-dealkylation sites (tertiary alicyclic amines) is 1. The van der Waals surface area contributed by atoms with E-state index in [1.54, 1.807) is 30.0 Å². The maximum absolute atomic E-state index is 13.3. The number of esters is 1. The smallest absolute Gasteiger partial charge is 0.321 e. The van der Waals surface area contributed by atoms with Gasteiger partial charge in [0, 0.05) is 6.54 Å². The quantitative estimate of drug-likeness (QED) is 0.263. The molecule has 0 unspecified atom stereocenters. The molecule has 7 nitrogen and oxygen atoms in total. The molecule has 4 rings (SSSR count). The SMILES string of the molecule is COC(=O)[C@@]1(C)C[C@@H](COc2ccc(-c3ccc(C#N)cc3)cc2N)N(CCCc2ccccc2)C1=O. The van der Waals surface area contributed by atoms with E-state index < -0.39 is 11.4 Å². The first-order chi connectivity index (χ1) is 17.9. The summed E-state index contributed by atoms with van der Waals surface area (Å²) in [5, 5.41) is 9.00. The van der Waals surface area contributed by atoms with Crippen molar-refractivity contribution in [3.8, 4) is 22.9 Å². The standard InChI is InChI=1S/C30H31N3O4/c1-30(29(35)36-2)18-25(33(28(30)34)16-6-9-21-7-4-3-5-8-21)20-37-27-15-14-24(17-26(27)32)23-12-10-22(19-31)11-13-23/h3-5,7-8,10-15,17,25H,6,9,16,18,20,32H2,1-2H3/t25-,30-/m0/s1. The van der Waals surface area contributed by atoms with E-state index in [1.807, 2.05) is 42.5 Å². The third-order valence-electron chi connectivity index (χ3n) is 6.95. The molecule has 1 saturated heterocycles. The Morgan fingerprint density at radius 3 is 2.46 bits per heavy atom. The third kappa shape index (κ3) is 5.59. The summed E-state index contributed by atoms with van der Waals surface area (Å²) in [5.41, 5.74) is 9.18. The summed E-state index contributed by atoms with van der Waals surface area (Å²) in [4.78, 5) is 27.6. The van der Waals surface area contributed by atoms with E-state index in [9.17, 15) is 9.59 Å². The lowest BCUT2D eigenvalue weighted by Gasteiger charge is -2.25. The molecule has 0 spiro atoms. The molecule has 1 aliphatic heterocycles. The highest BCUT2D eigenvalue weighted by Gasteiger charge is 2.54. The van der Waals surface area contributed by atoms with Gasteiger partial charge < -0.3 is 20.1 Å². The molecule has 0 bridgehead atoms. The van der Waals surface area contributed by atoms with Gasteiger partial charge in [-0.15, -0.1) is 0 Å². The van der Waals surface area contributed by atoms with Gasteiger partial charge >= 0.3 is 5.97 Å². The first-order valence-corrected chi connectivity index (χ1v) is 12.3. The van der Waals surface area contributed by atoms with E-state index in [2.05, 4.69) is 18.2 Å². The zero-order chi connectivity index (χ0) is 26.4. The average molecular weight is 498 g/mol. The number of nitrogen functional groups attached to an aromatic ring is 1. The number of nitriles is 1. The van der Waals surface area contributed by atoms with Crippen LogP contribution in [-0.2, 0) is 20.7 Å². The van der Waals surface area contributed by atoms with E-state index in [0.717, 1.165) is 24.0 Å². The number of hydrogen-bond donors (Lipinski definition) is 1. The van der Waals surface area contributed by atoms with Crippen LogP contribution in [-0.4, -0.2) is 43.1 Å². The van der Waals surface area contributed by atoms with Crippen molar-refractivity contribution >= 4 is 17.6 Å². The van der Waals surface area contributed by atoms with Crippen molar-refractivity contribution in [3.63, 3.8) is 0 Å².